The van der Waals surface area contributed by atoms with Crippen LogP contribution in [-0.4, -0.2) is 30.3 Å². The number of nitrogens with one attached hydrogen (secondary N) is 1. The first-order valence-electron chi connectivity index (χ1n) is 8.15. The molecule has 0 aliphatic rings. The van der Waals surface area contributed by atoms with Crippen LogP contribution < -0.4 is 19.5 Å². The number of carbonyl (C=O) groups is 1. The number of benzene rings is 2. The van der Waals surface area contributed by atoms with Crippen LogP contribution in [0.3, 0.4) is 0 Å². The van der Waals surface area contributed by atoms with E-state index in [-0.39, 0.29) is 12.5 Å². The highest BCUT2D eigenvalue weighted by Crippen LogP contribution is 2.30. The molecule has 8 nitrogen and oxygen atoms in total. The van der Waals surface area contributed by atoms with Crippen LogP contribution in [0, 0.1) is 6.92 Å². The Hall–Kier alpha value is -3.55. The van der Waals surface area contributed by atoms with Crippen molar-refractivity contribution in [3.63, 3.8) is 0 Å². The van der Waals surface area contributed by atoms with E-state index in [0.29, 0.717) is 40.2 Å². The van der Waals surface area contributed by atoms with Crippen molar-refractivity contribution >= 4 is 11.6 Å². The lowest BCUT2D eigenvalue weighted by Crippen LogP contribution is -2.14. The van der Waals surface area contributed by atoms with Gasteiger partial charge < -0.3 is 24.1 Å². The molecule has 27 heavy (non-hydrogen) atoms. The summed E-state index contributed by atoms with van der Waals surface area (Å²) in [5, 5.41) is 6.59. The van der Waals surface area contributed by atoms with E-state index in [0.717, 1.165) is 0 Å². The zero-order valence-corrected chi connectivity index (χ0v) is 15.2. The van der Waals surface area contributed by atoms with Gasteiger partial charge >= 0.3 is 0 Å². The molecule has 8 heteroatoms. The molecule has 0 atom stereocenters. The molecule has 1 heterocycles. The molecular weight excluding hydrogens is 350 g/mol. The van der Waals surface area contributed by atoms with Gasteiger partial charge in [0, 0.05) is 13.0 Å². The van der Waals surface area contributed by atoms with Gasteiger partial charge in [0.25, 0.3) is 5.91 Å². The molecule has 140 valence electrons. The van der Waals surface area contributed by atoms with Gasteiger partial charge in [-0.2, -0.15) is 4.98 Å². The molecule has 0 saturated carbocycles. The molecule has 0 fully saturated rings. The second-order valence-electron chi connectivity index (χ2n) is 5.53. The van der Waals surface area contributed by atoms with Crippen molar-refractivity contribution in [3.8, 4) is 17.2 Å². The van der Waals surface area contributed by atoms with Gasteiger partial charge in [0.2, 0.25) is 11.7 Å². The number of carbonyl (C=O) groups excluding carboxylic acids is 1. The van der Waals surface area contributed by atoms with Gasteiger partial charge in [0.1, 0.15) is 17.2 Å². The number of methoxy groups -OCH3 is 2. The van der Waals surface area contributed by atoms with Crippen LogP contribution in [0.1, 0.15) is 22.1 Å². The van der Waals surface area contributed by atoms with Crippen LogP contribution in [0.25, 0.3) is 0 Å². The summed E-state index contributed by atoms with van der Waals surface area (Å²) in [6.07, 6.45) is 0. The molecule has 0 unspecified atom stereocenters. The summed E-state index contributed by atoms with van der Waals surface area (Å²) in [5.74, 6) is 2.02. The van der Waals surface area contributed by atoms with Gasteiger partial charge in [0.15, 0.2) is 6.61 Å². The van der Waals surface area contributed by atoms with Crippen molar-refractivity contribution in [2.75, 3.05) is 19.5 Å². The fraction of sp³-hybridized carbons (Fsp3) is 0.211. The Bertz CT molecular complexity index is 939. The van der Waals surface area contributed by atoms with Gasteiger partial charge in [-0.1, -0.05) is 17.3 Å². The number of aryl methyl sites for hydroxylation is 1. The average Bonchev–Trinajstić information content (AvgIpc) is 3.11. The molecule has 0 bridgehead atoms. The summed E-state index contributed by atoms with van der Waals surface area (Å²) >= 11 is 0. The molecule has 0 saturated heterocycles. The van der Waals surface area contributed by atoms with Crippen molar-refractivity contribution in [3.05, 3.63) is 59.7 Å². The average molecular weight is 369 g/mol. The summed E-state index contributed by atoms with van der Waals surface area (Å²) in [6.45, 7) is 1.78. The first-order valence-corrected chi connectivity index (χ1v) is 8.15. The summed E-state index contributed by atoms with van der Waals surface area (Å²) in [4.78, 5) is 16.9. The highest BCUT2D eigenvalue weighted by Gasteiger charge is 2.16. The second-order valence-corrected chi connectivity index (χ2v) is 5.53. The normalized spacial score (nSPS) is 10.3. The van der Waals surface area contributed by atoms with Crippen LogP contribution in [0.15, 0.2) is 47.0 Å². The van der Waals surface area contributed by atoms with Gasteiger partial charge in [-0.05, 0) is 24.3 Å². The van der Waals surface area contributed by atoms with Crippen LogP contribution in [0.5, 0.6) is 17.2 Å². The quantitative estimate of drug-likeness (QED) is 0.683. The van der Waals surface area contributed by atoms with Crippen molar-refractivity contribution in [2.45, 2.75) is 13.5 Å². The smallest absolute Gasteiger partial charge is 0.259 e. The van der Waals surface area contributed by atoms with Gasteiger partial charge in [0.05, 0.1) is 25.5 Å². The molecule has 1 N–H and O–H groups in total. The Morgan fingerprint density at radius 1 is 1.11 bits per heavy atom. The number of hydrogen-bond acceptors (Lipinski definition) is 7. The van der Waals surface area contributed by atoms with Crippen LogP contribution >= 0.6 is 0 Å². The maximum Gasteiger partial charge on any atom is 0.259 e. The largest absolute Gasteiger partial charge is 0.497 e. The highest BCUT2D eigenvalue weighted by molar-refractivity contribution is 6.07. The van der Waals surface area contributed by atoms with E-state index in [1.807, 2.05) is 0 Å². The van der Waals surface area contributed by atoms with Crippen molar-refractivity contribution in [2.24, 2.45) is 0 Å². The van der Waals surface area contributed by atoms with E-state index in [9.17, 15) is 4.79 Å². The zero-order valence-electron chi connectivity index (χ0n) is 15.2. The summed E-state index contributed by atoms with van der Waals surface area (Å²) < 4.78 is 21.1. The SMILES string of the molecule is COc1ccc(OC)c(NC(=O)c2ccccc2OCc2noc(C)n2)c1. The third-order valence-corrected chi connectivity index (χ3v) is 3.71. The number of anilines is 1. The predicted molar refractivity (Wildman–Crippen MR) is 97.3 cm³/mol. The minimum atomic E-state index is -0.346. The monoisotopic (exact) mass is 369 g/mol. The minimum absolute atomic E-state index is 0.0874. The predicted octanol–water partition coefficient (Wildman–Crippen LogP) is 3.23. The first kappa shape index (κ1) is 18.2. The van der Waals surface area contributed by atoms with E-state index in [2.05, 4.69) is 15.5 Å². The third-order valence-electron chi connectivity index (χ3n) is 3.71. The molecule has 0 spiro atoms. The van der Waals surface area contributed by atoms with E-state index in [1.165, 1.54) is 7.11 Å². The lowest BCUT2D eigenvalue weighted by atomic mass is 10.1. The zero-order chi connectivity index (χ0) is 19.2. The van der Waals surface area contributed by atoms with Crippen LogP contribution in [-0.2, 0) is 6.61 Å². The number of amides is 1. The third kappa shape index (κ3) is 4.35. The fourth-order valence-corrected chi connectivity index (χ4v) is 2.42. The second kappa shape index (κ2) is 8.22. The highest BCUT2D eigenvalue weighted by atomic mass is 16.5. The van der Waals surface area contributed by atoms with Crippen LogP contribution in [0.2, 0.25) is 0 Å². The van der Waals surface area contributed by atoms with E-state index in [4.69, 9.17) is 18.7 Å². The van der Waals surface area contributed by atoms with E-state index < -0.39 is 0 Å². The molecule has 0 aliphatic heterocycles. The summed E-state index contributed by atoms with van der Waals surface area (Å²) in [7, 11) is 3.08. The first-order chi connectivity index (χ1) is 13.1. The van der Waals surface area contributed by atoms with Crippen molar-refractivity contribution in [1.29, 1.82) is 0 Å². The van der Waals surface area contributed by atoms with Crippen molar-refractivity contribution < 1.29 is 23.5 Å². The van der Waals surface area contributed by atoms with Gasteiger partial charge in [-0.3, -0.25) is 4.79 Å². The van der Waals surface area contributed by atoms with Crippen LogP contribution in [0.4, 0.5) is 5.69 Å². The molecule has 3 rings (SSSR count). The Balaban J connectivity index is 1.79. The Labute approximate surface area is 156 Å². The Morgan fingerprint density at radius 3 is 2.63 bits per heavy atom. The summed E-state index contributed by atoms with van der Waals surface area (Å²) in [5.41, 5.74) is 0.855. The van der Waals surface area contributed by atoms with E-state index in [1.54, 1.807) is 56.5 Å². The molecular formula is C19H19N3O5. The molecule has 0 aliphatic carbocycles. The number of aromatic nitrogens is 2. The Morgan fingerprint density at radius 2 is 1.93 bits per heavy atom. The topological polar surface area (TPSA) is 95.7 Å². The maximum atomic E-state index is 12.8. The molecule has 1 amide bonds. The van der Waals surface area contributed by atoms with Gasteiger partial charge in [-0.15, -0.1) is 0 Å². The summed E-state index contributed by atoms with van der Waals surface area (Å²) in [6, 6.07) is 12.0. The lowest BCUT2D eigenvalue weighted by Gasteiger charge is -2.13. The molecule has 2 aromatic carbocycles. The van der Waals surface area contributed by atoms with Gasteiger partial charge in [-0.25, -0.2) is 0 Å². The standard InChI is InChI=1S/C19H19N3O5/c1-12-20-18(22-27-12)11-26-16-7-5-4-6-14(16)19(23)21-15-10-13(24-2)8-9-17(15)25-3/h4-10H,11H2,1-3H3,(H,21,23). The van der Waals surface area contributed by atoms with E-state index >= 15 is 0 Å². The molecule has 1 aromatic heterocycles. The number of rotatable bonds is 7. The minimum Gasteiger partial charge on any atom is -0.497 e. The number of para-hydroxylation sites is 1. The number of hydrogen-bond donors (Lipinski definition) is 1. The number of nitrogens with zero attached hydrogens (tertiary/aromatic N) is 2. The lowest BCUT2D eigenvalue weighted by molar-refractivity contribution is 0.102. The Kier molecular flexibility index (Phi) is 5.55. The molecule has 3 aromatic rings. The fourth-order valence-electron chi connectivity index (χ4n) is 2.42. The van der Waals surface area contributed by atoms with Crippen molar-refractivity contribution in [1.82, 2.24) is 10.1 Å². The molecule has 0 radical (unpaired) electrons. The number of ether oxygens (including phenoxy) is 3. The maximum absolute atomic E-state index is 12.8.